The highest BCUT2D eigenvalue weighted by Gasteiger charge is 2.08. The number of methoxy groups -OCH3 is 2. The summed E-state index contributed by atoms with van der Waals surface area (Å²) in [6.45, 7) is 2.72. The minimum absolute atomic E-state index is 0.688. The fourth-order valence-electron chi connectivity index (χ4n) is 2.92. The molecule has 6 heteroatoms. The molecule has 0 saturated carbocycles. The number of nitrogens with zero attached hydrogens (tertiary/aromatic N) is 2. The summed E-state index contributed by atoms with van der Waals surface area (Å²) < 4.78 is 10.7. The van der Waals surface area contributed by atoms with Crippen LogP contribution >= 0.6 is 0 Å². The molecule has 28 heavy (non-hydrogen) atoms. The smallest absolute Gasteiger partial charge is 0.146 e. The lowest BCUT2D eigenvalue weighted by Gasteiger charge is -2.13. The number of ether oxygens (including phenoxy) is 2. The molecule has 0 amide bonds. The van der Waals surface area contributed by atoms with Gasteiger partial charge in [-0.15, -0.1) is 0 Å². The van der Waals surface area contributed by atoms with E-state index < -0.39 is 0 Å². The van der Waals surface area contributed by atoms with Gasteiger partial charge in [0.2, 0.25) is 0 Å². The number of aromatic nitrogens is 2. The van der Waals surface area contributed by atoms with Crippen molar-refractivity contribution in [2.45, 2.75) is 19.8 Å². The number of aryl methyl sites for hydroxylation is 2. The molecular weight excluding hydrogens is 352 g/mol. The van der Waals surface area contributed by atoms with Gasteiger partial charge < -0.3 is 20.1 Å². The van der Waals surface area contributed by atoms with E-state index in [-0.39, 0.29) is 0 Å². The van der Waals surface area contributed by atoms with E-state index in [2.05, 4.69) is 44.9 Å². The maximum Gasteiger partial charge on any atom is 0.146 e. The van der Waals surface area contributed by atoms with Crippen molar-refractivity contribution in [3.05, 3.63) is 66.0 Å². The van der Waals surface area contributed by atoms with Crippen LogP contribution in [0.4, 0.5) is 17.3 Å². The Kier molecular flexibility index (Phi) is 6.68. The van der Waals surface area contributed by atoms with E-state index in [0.29, 0.717) is 17.4 Å². The summed E-state index contributed by atoms with van der Waals surface area (Å²) in [5, 5.41) is 6.69. The van der Waals surface area contributed by atoms with Gasteiger partial charge in [0.1, 0.15) is 29.0 Å². The molecule has 1 heterocycles. The molecule has 0 aliphatic heterocycles. The molecule has 3 aromatic rings. The van der Waals surface area contributed by atoms with E-state index in [1.54, 1.807) is 14.2 Å². The van der Waals surface area contributed by atoms with Gasteiger partial charge in [-0.25, -0.2) is 9.97 Å². The van der Waals surface area contributed by atoms with Crippen molar-refractivity contribution in [2.75, 3.05) is 31.4 Å². The third-order valence-electron chi connectivity index (χ3n) is 4.30. The molecule has 1 aromatic heterocycles. The van der Waals surface area contributed by atoms with Crippen LogP contribution in [0.1, 0.15) is 17.8 Å². The first-order valence-corrected chi connectivity index (χ1v) is 9.30. The summed E-state index contributed by atoms with van der Waals surface area (Å²) in [7, 11) is 3.26. The Morgan fingerprint density at radius 3 is 2.43 bits per heavy atom. The van der Waals surface area contributed by atoms with Crippen molar-refractivity contribution in [3.8, 4) is 11.5 Å². The summed E-state index contributed by atoms with van der Waals surface area (Å²) in [5.41, 5.74) is 2.16. The van der Waals surface area contributed by atoms with Crippen LogP contribution in [0.15, 0.2) is 54.6 Å². The van der Waals surface area contributed by atoms with E-state index in [9.17, 15) is 0 Å². The van der Waals surface area contributed by atoms with Gasteiger partial charge in [-0.3, -0.25) is 0 Å². The van der Waals surface area contributed by atoms with Crippen molar-refractivity contribution < 1.29 is 9.47 Å². The fraction of sp³-hybridized carbons (Fsp3) is 0.273. The maximum absolute atomic E-state index is 5.44. The van der Waals surface area contributed by atoms with Gasteiger partial charge in [0, 0.05) is 18.7 Å². The molecule has 0 fully saturated rings. The molecule has 6 nitrogen and oxygen atoms in total. The van der Waals surface area contributed by atoms with E-state index >= 15 is 0 Å². The second-order valence-corrected chi connectivity index (χ2v) is 6.39. The normalized spacial score (nSPS) is 10.4. The molecule has 146 valence electrons. The van der Waals surface area contributed by atoms with Gasteiger partial charge in [0.25, 0.3) is 0 Å². The second-order valence-electron chi connectivity index (χ2n) is 6.39. The van der Waals surface area contributed by atoms with Crippen LogP contribution in [-0.2, 0) is 6.42 Å². The molecule has 0 radical (unpaired) electrons. The predicted octanol–water partition coefficient (Wildman–Crippen LogP) is 4.59. The topological polar surface area (TPSA) is 68.3 Å². The average molecular weight is 378 g/mol. The number of hydrogen-bond acceptors (Lipinski definition) is 6. The van der Waals surface area contributed by atoms with Crippen LogP contribution in [-0.4, -0.2) is 30.7 Å². The molecule has 0 aliphatic carbocycles. The number of hydrogen-bond donors (Lipinski definition) is 2. The Labute approximate surface area is 166 Å². The molecule has 0 bridgehead atoms. The summed E-state index contributed by atoms with van der Waals surface area (Å²) >= 11 is 0. The fourth-order valence-corrected chi connectivity index (χ4v) is 2.92. The zero-order valence-corrected chi connectivity index (χ0v) is 16.5. The second kappa shape index (κ2) is 9.60. The van der Waals surface area contributed by atoms with Crippen molar-refractivity contribution in [1.82, 2.24) is 9.97 Å². The largest absolute Gasteiger partial charge is 0.497 e. The van der Waals surface area contributed by atoms with Gasteiger partial charge in [0.05, 0.1) is 19.9 Å². The highest BCUT2D eigenvalue weighted by Crippen LogP contribution is 2.31. The first-order valence-electron chi connectivity index (χ1n) is 9.30. The first-order chi connectivity index (χ1) is 13.7. The zero-order valence-electron chi connectivity index (χ0n) is 16.5. The third kappa shape index (κ3) is 5.36. The van der Waals surface area contributed by atoms with Crippen LogP contribution in [0.3, 0.4) is 0 Å². The van der Waals surface area contributed by atoms with E-state index in [1.807, 2.05) is 37.3 Å². The Bertz CT molecular complexity index is 900. The third-order valence-corrected chi connectivity index (χ3v) is 4.30. The maximum atomic E-state index is 5.44. The van der Waals surface area contributed by atoms with Crippen LogP contribution in [0.5, 0.6) is 11.5 Å². The Balaban J connectivity index is 1.63. The lowest BCUT2D eigenvalue weighted by molar-refractivity contribution is 0.395. The summed E-state index contributed by atoms with van der Waals surface area (Å²) in [5.74, 6) is 3.63. The SMILES string of the molecule is COc1ccc(Nc2cc(NCCCc3ccccc3)nc(C)n2)c(OC)c1. The zero-order chi connectivity index (χ0) is 19.8. The Morgan fingerprint density at radius 2 is 1.68 bits per heavy atom. The standard InChI is InChI=1S/C22H26N4O2/c1-16-24-21(23-13-7-10-17-8-5-4-6-9-17)15-22(25-16)26-19-12-11-18(27-2)14-20(19)28-3/h4-6,8-9,11-12,14-15H,7,10,13H2,1-3H3,(H2,23,24,25,26). The molecule has 2 aromatic carbocycles. The Hall–Kier alpha value is -3.28. The number of anilines is 3. The molecule has 0 unspecified atom stereocenters. The van der Waals surface area contributed by atoms with Crippen molar-refractivity contribution in [1.29, 1.82) is 0 Å². The number of rotatable bonds is 9. The van der Waals surface area contributed by atoms with Crippen molar-refractivity contribution in [2.24, 2.45) is 0 Å². The van der Waals surface area contributed by atoms with Gasteiger partial charge >= 0.3 is 0 Å². The minimum Gasteiger partial charge on any atom is -0.497 e. The average Bonchev–Trinajstić information content (AvgIpc) is 2.72. The van der Waals surface area contributed by atoms with Gasteiger partial charge in [0.15, 0.2) is 0 Å². The number of benzene rings is 2. The molecule has 0 spiro atoms. The monoisotopic (exact) mass is 378 g/mol. The van der Waals surface area contributed by atoms with Gasteiger partial charge in [-0.1, -0.05) is 30.3 Å². The minimum atomic E-state index is 0.688. The molecule has 3 rings (SSSR count). The highest BCUT2D eigenvalue weighted by molar-refractivity contribution is 5.67. The summed E-state index contributed by atoms with van der Waals surface area (Å²) in [6, 6.07) is 18.0. The van der Waals surface area contributed by atoms with Crippen LogP contribution in [0.25, 0.3) is 0 Å². The van der Waals surface area contributed by atoms with E-state index in [1.165, 1.54) is 5.56 Å². The molecular formula is C22H26N4O2. The van der Waals surface area contributed by atoms with Crippen molar-refractivity contribution >= 4 is 17.3 Å². The van der Waals surface area contributed by atoms with Crippen LogP contribution in [0.2, 0.25) is 0 Å². The Morgan fingerprint density at radius 1 is 0.893 bits per heavy atom. The molecule has 0 aliphatic rings. The van der Waals surface area contributed by atoms with Gasteiger partial charge in [-0.05, 0) is 37.5 Å². The number of nitrogens with one attached hydrogen (secondary N) is 2. The lowest BCUT2D eigenvalue weighted by Crippen LogP contribution is -2.07. The van der Waals surface area contributed by atoms with Gasteiger partial charge in [-0.2, -0.15) is 0 Å². The first kappa shape index (κ1) is 19.5. The van der Waals surface area contributed by atoms with Crippen molar-refractivity contribution in [3.63, 3.8) is 0 Å². The summed E-state index contributed by atoms with van der Waals surface area (Å²) in [6.07, 6.45) is 2.06. The van der Waals surface area contributed by atoms with Crippen LogP contribution in [0, 0.1) is 6.92 Å². The molecule has 0 atom stereocenters. The highest BCUT2D eigenvalue weighted by atomic mass is 16.5. The van der Waals surface area contributed by atoms with Crippen LogP contribution < -0.4 is 20.1 Å². The summed E-state index contributed by atoms with van der Waals surface area (Å²) in [4.78, 5) is 8.95. The van der Waals surface area contributed by atoms with E-state index in [0.717, 1.165) is 36.6 Å². The predicted molar refractivity (Wildman–Crippen MR) is 113 cm³/mol. The lowest BCUT2D eigenvalue weighted by atomic mass is 10.1. The quantitative estimate of drug-likeness (QED) is 0.531. The van der Waals surface area contributed by atoms with E-state index in [4.69, 9.17) is 9.47 Å². The molecule has 2 N–H and O–H groups in total. The molecule has 0 saturated heterocycles.